The molecule has 0 radical (unpaired) electrons. The van der Waals surface area contributed by atoms with E-state index >= 15 is 0 Å². The third-order valence-corrected chi connectivity index (χ3v) is 4.09. The number of methoxy groups -OCH3 is 1. The number of nitrogens with zero attached hydrogens (tertiary/aromatic N) is 2. The molecular formula is C20H20N4O2. The molecule has 0 unspecified atom stereocenters. The molecular weight excluding hydrogens is 328 g/mol. The summed E-state index contributed by atoms with van der Waals surface area (Å²) in [6.07, 6.45) is 1.55. The average Bonchev–Trinajstić information content (AvgIpc) is 2.66. The standard InChI is InChI=1S/C20H20N4O2/c1-13-5-4-6-17(14(13)2)23-19(25)18-11-12-21-20(24-18)22-15-7-9-16(26-3)10-8-15/h4-12H,1-3H3,(H,23,25)(H,21,22,24). The number of aryl methyl sites for hydroxylation is 1. The molecule has 1 amide bonds. The first-order chi connectivity index (χ1) is 12.6. The smallest absolute Gasteiger partial charge is 0.274 e. The Morgan fingerprint density at radius 1 is 1.04 bits per heavy atom. The minimum Gasteiger partial charge on any atom is -0.497 e. The number of nitrogens with one attached hydrogen (secondary N) is 2. The van der Waals surface area contributed by atoms with E-state index in [2.05, 4.69) is 20.6 Å². The second-order valence-corrected chi connectivity index (χ2v) is 5.82. The van der Waals surface area contributed by atoms with Crippen molar-refractivity contribution >= 4 is 23.2 Å². The first-order valence-corrected chi connectivity index (χ1v) is 8.18. The first-order valence-electron chi connectivity index (χ1n) is 8.18. The van der Waals surface area contributed by atoms with Crippen molar-refractivity contribution in [3.05, 3.63) is 71.5 Å². The fourth-order valence-corrected chi connectivity index (χ4v) is 2.42. The van der Waals surface area contributed by atoms with E-state index < -0.39 is 0 Å². The van der Waals surface area contributed by atoms with Gasteiger partial charge in [-0.2, -0.15) is 0 Å². The van der Waals surface area contributed by atoms with Gasteiger partial charge >= 0.3 is 0 Å². The number of anilines is 3. The zero-order valence-corrected chi connectivity index (χ0v) is 14.9. The van der Waals surface area contributed by atoms with Crippen molar-refractivity contribution in [2.45, 2.75) is 13.8 Å². The highest BCUT2D eigenvalue weighted by Gasteiger charge is 2.11. The van der Waals surface area contributed by atoms with Crippen molar-refractivity contribution in [3.63, 3.8) is 0 Å². The van der Waals surface area contributed by atoms with Crippen LogP contribution in [0.3, 0.4) is 0 Å². The molecule has 6 nitrogen and oxygen atoms in total. The molecule has 0 spiro atoms. The van der Waals surface area contributed by atoms with E-state index in [0.717, 1.165) is 28.3 Å². The molecule has 0 saturated heterocycles. The van der Waals surface area contributed by atoms with Crippen molar-refractivity contribution in [3.8, 4) is 5.75 Å². The lowest BCUT2D eigenvalue weighted by Crippen LogP contribution is -2.15. The number of carbonyl (C=O) groups is 1. The van der Waals surface area contributed by atoms with Crippen LogP contribution in [0.25, 0.3) is 0 Å². The lowest BCUT2D eigenvalue weighted by molar-refractivity contribution is 0.102. The maximum absolute atomic E-state index is 12.5. The van der Waals surface area contributed by atoms with Crippen molar-refractivity contribution in [2.24, 2.45) is 0 Å². The molecule has 2 N–H and O–H groups in total. The molecule has 2 aromatic carbocycles. The van der Waals surface area contributed by atoms with Crippen LogP contribution in [-0.4, -0.2) is 23.0 Å². The van der Waals surface area contributed by atoms with Crippen LogP contribution >= 0.6 is 0 Å². The highest BCUT2D eigenvalue weighted by molar-refractivity contribution is 6.03. The van der Waals surface area contributed by atoms with Crippen LogP contribution in [0, 0.1) is 13.8 Å². The SMILES string of the molecule is COc1ccc(Nc2nccc(C(=O)Nc3cccc(C)c3C)n2)cc1. The summed E-state index contributed by atoms with van der Waals surface area (Å²) in [4.78, 5) is 21.0. The van der Waals surface area contributed by atoms with Crippen LogP contribution in [0.5, 0.6) is 5.75 Å². The summed E-state index contributed by atoms with van der Waals surface area (Å²) in [5, 5.41) is 5.98. The highest BCUT2D eigenvalue weighted by Crippen LogP contribution is 2.20. The van der Waals surface area contributed by atoms with Crippen molar-refractivity contribution in [2.75, 3.05) is 17.7 Å². The minimum absolute atomic E-state index is 0.279. The van der Waals surface area contributed by atoms with Gasteiger partial charge in [0, 0.05) is 17.6 Å². The van der Waals surface area contributed by atoms with E-state index in [4.69, 9.17) is 4.74 Å². The Bertz CT molecular complexity index is 923. The van der Waals surface area contributed by atoms with Gasteiger partial charge in [-0.15, -0.1) is 0 Å². The van der Waals surface area contributed by atoms with Gasteiger partial charge in [-0.3, -0.25) is 4.79 Å². The monoisotopic (exact) mass is 348 g/mol. The predicted molar refractivity (Wildman–Crippen MR) is 102 cm³/mol. The molecule has 26 heavy (non-hydrogen) atoms. The molecule has 0 aliphatic rings. The van der Waals surface area contributed by atoms with Gasteiger partial charge in [0.05, 0.1) is 7.11 Å². The molecule has 0 saturated carbocycles. The maximum atomic E-state index is 12.5. The summed E-state index contributed by atoms with van der Waals surface area (Å²) in [6, 6.07) is 14.7. The van der Waals surface area contributed by atoms with Crippen molar-refractivity contribution in [1.82, 2.24) is 9.97 Å². The zero-order chi connectivity index (χ0) is 18.5. The molecule has 3 rings (SSSR count). The molecule has 6 heteroatoms. The number of hydrogen-bond donors (Lipinski definition) is 2. The van der Waals surface area contributed by atoms with Gasteiger partial charge < -0.3 is 15.4 Å². The fraction of sp³-hybridized carbons (Fsp3) is 0.150. The van der Waals surface area contributed by atoms with Crippen molar-refractivity contribution in [1.29, 1.82) is 0 Å². The van der Waals surface area contributed by atoms with E-state index in [0.29, 0.717) is 5.95 Å². The van der Waals surface area contributed by atoms with E-state index in [1.807, 2.05) is 56.3 Å². The molecule has 0 bridgehead atoms. The topological polar surface area (TPSA) is 76.1 Å². The molecule has 0 aliphatic carbocycles. The lowest BCUT2D eigenvalue weighted by atomic mass is 10.1. The third-order valence-electron chi connectivity index (χ3n) is 4.09. The maximum Gasteiger partial charge on any atom is 0.274 e. The van der Waals surface area contributed by atoms with Gasteiger partial charge in [0.2, 0.25) is 5.95 Å². The second kappa shape index (κ2) is 7.65. The number of carbonyl (C=O) groups excluding carboxylic acids is 1. The summed E-state index contributed by atoms with van der Waals surface area (Å²) in [5.74, 6) is 0.834. The van der Waals surface area contributed by atoms with Gasteiger partial charge in [-0.05, 0) is 61.4 Å². The van der Waals surface area contributed by atoms with Crippen LogP contribution in [0.2, 0.25) is 0 Å². The summed E-state index contributed by atoms with van der Waals surface area (Å²) in [7, 11) is 1.61. The lowest BCUT2D eigenvalue weighted by Gasteiger charge is -2.11. The minimum atomic E-state index is -0.279. The largest absolute Gasteiger partial charge is 0.497 e. The van der Waals surface area contributed by atoms with E-state index in [1.165, 1.54) is 0 Å². The normalized spacial score (nSPS) is 10.3. The van der Waals surface area contributed by atoms with Crippen LogP contribution < -0.4 is 15.4 Å². The number of hydrogen-bond acceptors (Lipinski definition) is 5. The second-order valence-electron chi connectivity index (χ2n) is 5.82. The average molecular weight is 348 g/mol. The molecule has 3 aromatic rings. The summed E-state index contributed by atoms with van der Waals surface area (Å²) in [5.41, 5.74) is 4.02. The number of ether oxygens (including phenoxy) is 1. The Labute approximate surface area is 152 Å². The highest BCUT2D eigenvalue weighted by atomic mass is 16.5. The number of aromatic nitrogens is 2. The summed E-state index contributed by atoms with van der Waals surface area (Å²) in [6.45, 7) is 3.98. The van der Waals surface area contributed by atoms with Crippen LogP contribution in [0.4, 0.5) is 17.3 Å². The quantitative estimate of drug-likeness (QED) is 0.726. The predicted octanol–water partition coefficient (Wildman–Crippen LogP) is 4.10. The van der Waals surface area contributed by atoms with Gasteiger partial charge in [-0.25, -0.2) is 9.97 Å². The number of rotatable bonds is 5. The summed E-state index contributed by atoms with van der Waals surface area (Å²) >= 11 is 0. The van der Waals surface area contributed by atoms with Gasteiger partial charge in [0.15, 0.2) is 0 Å². The van der Waals surface area contributed by atoms with Crippen LogP contribution in [0.15, 0.2) is 54.7 Å². The Morgan fingerprint density at radius 3 is 2.54 bits per heavy atom. The number of amides is 1. The van der Waals surface area contributed by atoms with Gasteiger partial charge in [0.1, 0.15) is 11.4 Å². The molecule has 1 aromatic heterocycles. The Hall–Kier alpha value is -3.41. The van der Waals surface area contributed by atoms with E-state index in [1.54, 1.807) is 19.4 Å². The first kappa shape index (κ1) is 17.4. The summed E-state index contributed by atoms with van der Waals surface area (Å²) < 4.78 is 5.13. The van der Waals surface area contributed by atoms with Gasteiger partial charge in [-0.1, -0.05) is 12.1 Å². The zero-order valence-electron chi connectivity index (χ0n) is 14.9. The Balaban J connectivity index is 1.75. The molecule has 0 fully saturated rings. The van der Waals surface area contributed by atoms with Crippen LogP contribution in [0.1, 0.15) is 21.6 Å². The third kappa shape index (κ3) is 3.97. The van der Waals surface area contributed by atoms with E-state index in [-0.39, 0.29) is 11.6 Å². The van der Waals surface area contributed by atoms with Crippen molar-refractivity contribution < 1.29 is 9.53 Å². The fourth-order valence-electron chi connectivity index (χ4n) is 2.42. The number of benzene rings is 2. The molecule has 0 atom stereocenters. The Morgan fingerprint density at radius 2 is 1.81 bits per heavy atom. The van der Waals surface area contributed by atoms with Gasteiger partial charge in [0.25, 0.3) is 5.91 Å². The van der Waals surface area contributed by atoms with Crippen LogP contribution in [-0.2, 0) is 0 Å². The van der Waals surface area contributed by atoms with E-state index in [9.17, 15) is 4.79 Å². The molecule has 1 heterocycles. The molecule has 132 valence electrons. The molecule has 0 aliphatic heterocycles. The Kier molecular flexibility index (Phi) is 5.12.